The Balaban J connectivity index is 1.34. The van der Waals surface area contributed by atoms with Gasteiger partial charge in [-0.2, -0.15) is 0 Å². The molecular formula is C26H24FN3O2S. The van der Waals surface area contributed by atoms with Crippen LogP contribution in [0.1, 0.15) is 17.0 Å². The zero-order chi connectivity index (χ0) is 23.0. The Morgan fingerprint density at radius 1 is 0.879 bits per heavy atom. The number of para-hydroxylation sites is 2. The van der Waals surface area contributed by atoms with E-state index >= 15 is 0 Å². The maximum atomic E-state index is 13.6. The van der Waals surface area contributed by atoms with Gasteiger partial charge in [-0.1, -0.05) is 60.7 Å². The molecule has 1 heterocycles. The smallest absolute Gasteiger partial charge is 0.234 e. The van der Waals surface area contributed by atoms with Crippen LogP contribution in [0.25, 0.3) is 10.9 Å². The second-order valence-electron chi connectivity index (χ2n) is 7.58. The van der Waals surface area contributed by atoms with Crippen LogP contribution in [-0.2, 0) is 9.59 Å². The molecule has 5 nitrogen and oxygen atoms in total. The van der Waals surface area contributed by atoms with Crippen molar-refractivity contribution >= 4 is 40.2 Å². The molecule has 168 valence electrons. The van der Waals surface area contributed by atoms with E-state index in [1.807, 2.05) is 42.6 Å². The van der Waals surface area contributed by atoms with Gasteiger partial charge in [0.25, 0.3) is 0 Å². The fourth-order valence-corrected chi connectivity index (χ4v) is 4.37. The van der Waals surface area contributed by atoms with E-state index in [0.29, 0.717) is 6.54 Å². The molecule has 0 fully saturated rings. The minimum absolute atomic E-state index is 0.0133. The Labute approximate surface area is 195 Å². The SMILES string of the molecule is O=C(CSCC(=O)Nc1ccccc1F)NCC(c1ccccc1)c1c[nH]c2ccccc12. The van der Waals surface area contributed by atoms with Crippen molar-refractivity contribution in [1.29, 1.82) is 0 Å². The Morgan fingerprint density at radius 2 is 1.58 bits per heavy atom. The first-order valence-electron chi connectivity index (χ1n) is 10.6. The molecule has 2 amide bonds. The summed E-state index contributed by atoms with van der Waals surface area (Å²) in [5, 5.41) is 6.65. The number of fused-ring (bicyclic) bond motifs is 1. The lowest BCUT2D eigenvalue weighted by Gasteiger charge is -2.18. The van der Waals surface area contributed by atoms with Crippen molar-refractivity contribution in [3.8, 4) is 0 Å². The van der Waals surface area contributed by atoms with Crippen molar-refractivity contribution in [3.63, 3.8) is 0 Å². The van der Waals surface area contributed by atoms with Gasteiger partial charge < -0.3 is 15.6 Å². The van der Waals surface area contributed by atoms with Crippen molar-refractivity contribution in [2.75, 3.05) is 23.4 Å². The van der Waals surface area contributed by atoms with Gasteiger partial charge in [-0.15, -0.1) is 11.8 Å². The number of aromatic nitrogens is 1. The number of carbonyl (C=O) groups is 2. The predicted octanol–water partition coefficient (Wildman–Crippen LogP) is 4.93. The second kappa shape index (κ2) is 10.8. The lowest BCUT2D eigenvalue weighted by molar-refractivity contribution is -0.118. The summed E-state index contributed by atoms with van der Waals surface area (Å²) in [6, 6.07) is 24.1. The van der Waals surface area contributed by atoms with E-state index in [1.54, 1.807) is 12.1 Å². The Bertz CT molecular complexity index is 1240. The van der Waals surface area contributed by atoms with E-state index in [-0.39, 0.29) is 34.9 Å². The van der Waals surface area contributed by atoms with Crippen LogP contribution in [0.2, 0.25) is 0 Å². The highest BCUT2D eigenvalue weighted by atomic mass is 32.2. The minimum Gasteiger partial charge on any atom is -0.361 e. The van der Waals surface area contributed by atoms with Crippen LogP contribution in [-0.4, -0.2) is 34.8 Å². The van der Waals surface area contributed by atoms with Gasteiger partial charge >= 0.3 is 0 Å². The predicted molar refractivity (Wildman–Crippen MR) is 132 cm³/mol. The highest BCUT2D eigenvalue weighted by molar-refractivity contribution is 8.00. The molecule has 0 aliphatic heterocycles. The summed E-state index contributed by atoms with van der Waals surface area (Å²) in [6.45, 7) is 0.437. The van der Waals surface area contributed by atoms with Crippen molar-refractivity contribution < 1.29 is 14.0 Å². The summed E-state index contributed by atoms with van der Waals surface area (Å²) in [6.07, 6.45) is 2.00. The first-order chi connectivity index (χ1) is 16.1. The zero-order valence-electron chi connectivity index (χ0n) is 17.9. The van der Waals surface area contributed by atoms with Crippen LogP contribution in [0.3, 0.4) is 0 Å². The van der Waals surface area contributed by atoms with Crippen LogP contribution >= 0.6 is 11.8 Å². The molecule has 3 N–H and O–H groups in total. The van der Waals surface area contributed by atoms with Gasteiger partial charge in [0.2, 0.25) is 11.8 Å². The number of thioether (sulfide) groups is 1. The first-order valence-corrected chi connectivity index (χ1v) is 11.8. The lowest BCUT2D eigenvalue weighted by atomic mass is 9.91. The molecular weight excluding hydrogens is 437 g/mol. The van der Waals surface area contributed by atoms with Crippen LogP contribution in [0.4, 0.5) is 10.1 Å². The number of halogens is 1. The number of H-pyrrole nitrogens is 1. The molecule has 4 aromatic rings. The monoisotopic (exact) mass is 461 g/mol. The molecule has 1 unspecified atom stereocenters. The number of aromatic amines is 1. The van der Waals surface area contributed by atoms with Crippen molar-refractivity contribution in [2.24, 2.45) is 0 Å². The molecule has 0 saturated heterocycles. The number of nitrogens with one attached hydrogen (secondary N) is 3. The van der Waals surface area contributed by atoms with Crippen LogP contribution in [0.5, 0.6) is 0 Å². The molecule has 4 rings (SSSR count). The molecule has 0 aliphatic carbocycles. The van der Waals surface area contributed by atoms with Crippen LogP contribution in [0.15, 0.2) is 85.1 Å². The lowest BCUT2D eigenvalue weighted by Crippen LogP contribution is -2.30. The third-order valence-electron chi connectivity index (χ3n) is 5.32. The van der Waals surface area contributed by atoms with Gasteiger partial charge in [-0.25, -0.2) is 4.39 Å². The van der Waals surface area contributed by atoms with Gasteiger partial charge in [0.1, 0.15) is 5.82 Å². The maximum Gasteiger partial charge on any atom is 0.234 e. The summed E-state index contributed by atoms with van der Waals surface area (Å²) in [5.41, 5.74) is 3.42. The van der Waals surface area contributed by atoms with Gasteiger partial charge in [0, 0.05) is 29.6 Å². The van der Waals surface area contributed by atoms with E-state index in [2.05, 4.69) is 33.8 Å². The number of hydrogen-bond donors (Lipinski definition) is 3. The molecule has 0 saturated carbocycles. The quantitative estimate of drug-likeness (QED) is 0.331. The molecule has 3 aromatic carbocycles. The highest BCUT2D eigenvalue weighted by Gasteiger charge is 2.19. The summed E-state index contributed by atoms with van der Waals surface area (Å²) >= 11 is 1.19. The normalized spacial score (nSPS) is 11.8. The zero-order valence-corrected chi connectivity index (χ0v) is 18.7. The van der Waals surface area contributed by atoms with E-state index in [9.17, 15) is 14.0 Å². The molecule has 0 aliphatic rings. The molecule has 1 atom stereocenters. The fraction of sp³-hybridized carbons (Fsp3) is 0.154. The molecule has 7 heteroatoms. The van der Waals surface area contributed by atoms with Crippen molar-refractivity contribution in [1.82, 2.24) is 10.3 Å². The Hall–Kier alpha value is -3.58. The Kier molecular flexibility index (Phi) is 7.42. The minimum atomic E-state index is -0.488. The van der Waals surface area contributed by atoms with Crippen LogP contribution in [0, 0.1) is 5.82 Å². The average molecular weight is 462 g/mol. The number of rotatable bonds is 9. The average Bonchev–Trinajstić information content (AvgIpc) is 3.25. The summed E-state index contributed by atoms with van der Waals surface area (Å²) in [7, 11) is 0. The van der Waals surface area contributed by atoms with E-state index in [4.69, 9.17) is 0 Å². The molecule has 0 spiro atoms. The van der Waals surface area contributed by atoms with E-state index < -0.39 is 5.82 Å². The third-order valence-corrected chi connectivity index (χ3v) is 6.25. The van der Waals surface area contributed by atoms with Gasteiger partial charge in [0.15, 0.2) is 0 Å². The van der Waals surface area contributed by atoms with Crippen molar-refractivity contribution in [3.05, 3.63) is 102 Å². The molecule has 1 aromatic heterocycles. The molecule has 0 radical (unpaired) electrons. The largest absolute Gasteiger partial charge is 0.361 e. The fourth-order valence-electron chi connectivity index (χ4n) is 3.73. The maximum absolute atomic E-state index is 13.6. The van der Waals surface area contributed by atoms with Crippen molar-refractivity contribution in [2.45, 2.75) is 5.92 Å². The number of carbonyl (C=O) groups excluding carboxylic acids is 2. The number of amides is 2. The van der Waals surface area contributed by atoms with Gasteiger partial charge in [0.05, 0.1) is 17.2 Å². The first kappa shape index (κ1) is 22.6. The van der Waals surface area contributed by atoms with Crippen LogP contribution < -0.4 is 10.6 Å². The van der Waals surface area contributed by atoms with E-state index in [0.717, 1.165) is 22.0 Å². The Morgan fingerprint density at radius 3 is 2.39 bits per heavy atom. The number of anilines is 1. The summed E-state index contributed by atoms with van der Waals surface area (Å²) < 4.78 is 13.6. The van der Waals surface area contributed by atoms with Gasteiger partial charge in [-0.05, 0) is 29.3 Å². The second-order valence-corrected chi connectivity index (χ2v) is 8.56. The van der Waals surface area contributed by atoms with E-state index in [1.165, 1.54) is 23.9 Å². The molecule has 0 bridgehead atoms. The summed E-state index contributed by atoms with van der Waals surface area (Å²) in [4.78, 5) is 27.8. The number of benzene rings is 3. The number of hydrogen-bond acceptors (Lipinski definition) is 3. The van der Waals surface area contributed by atoms with Gasteiger partial charge in [-0.3, -0.25) is 9.59 Å². The molecule has 33 heavy (non-hydrogen) atoms. The standard InChI is InChI=1S/C26H24FN3O2S/c27-22-11-5-7-13-24(22)30-26(32)17-33-16-25(31)29-14-20(18-8-2-1-3-9-18)21-15-28-23-12-6-4-10-19(21)23/h1-13,15,20,28H,14,16-17H2,(H,29,31)(H,30,32). The topological polar surface area (TPSA) is 74.0 Å². The summed E-state index contributed by atoms with van der Waals surface area (Å²) in [5.74, 6) is -0.802. The third kappa shape index (κ3) is 5.81. The highest BCUT2D eigenvalue weighted by Crippen LogP contribution is 2.30.